The number of hydrogen-bond donors (Lipinski definition) is 1. The summed E-state index contributed by atoms with van der Waals surface area (Å²) in [6.45, 7) is 9.43. The van der Waals surface area contributed by atoms with Gasteiger partial charge in [0.2, 0.25) is 5.91 Å². The average Bonchev–Trinajstić information content (AvgIpc) is 3.14. The lowest BCUT2D eigenvalue weighted by molar-refractivity contribution is -0.133. The molecule has 0 saturated carbocycles. The molecule has 0 bridgehead atoms. The van der Waals surface area contributed by atoms with Crippen LogP contribution in [-0.2, 0) is 14.3 Å². The second kappa shape index (κ2) is 45.0. The lowest BCUT2D eigenvalue weighted by atomic mass is 10.1. The summed E-state index contributed by atoms with van der Waals surface area (Å²) in [6.07, 6.45) is 50.1. The highest BCUT2D eigenvalue weighted by molar-refractivity contribution is 5.76. The van der Waals surface area contributed by atoms with Crippen molar-refractivity contribution >= 4 is 5.91 Å². The van der Waals surface area contributed by atoms with E-state index in [1.54, 1.807) is 0 Å². The number of carbonyl (C=O) groups excluding carboxylic acids is 1. The third-order valence-corrected chi connectivity index (χ3v) is 10.1. The van der Waals surface area contributed by atoms with Gasteiger partial charge in [0, 0.05) is 32.7 Å². The Morgan fingerprint density at radius 3 is 1.14 bits per heavy atom. The molecule has 0 aromatic carbocycles. The highest BCUT2D eigenvalue weighted by Gasteiger charge is 2.13. The number of ether oxygens (including phenoxy) is 2. The van der Waals surface area contributed by atoms with Crippen LogP contribution in [0.3, 0.4) is 0 Å². The van der Waals surface area contributed by atoms with E-state index in [1.165, 1.54) is 167 Å². The number of nitrogens with zero attached hydrogens (tertiary/aromatic N) is 1. The van der Waals surface area contributed by atoms with Gasteiger partial charge in [-0.05, 0) is 83.6 Å². The van der Waals surface area contributed by atoms with Gasteiger partial charge in [-0.2, -0.15) is 0 Å². The molecule has 0 fully saturated rings. The van der Waals surface area contributed by atoms with Crippen molar-refractivity contribution in [2.75, 3.05) is 46.1 Å². The topological polar surface area (TPSA) is 64.8 Å². The molecule has 5 nitrogen and oxygen atoms in total. The molecule has 0 aliphatic rings. The Morgan fingerprint density at radius 1 is 0.431 bits per heavy atom. The molecule has 0 atom stereocenters. The van der Waals surface area contributed by atoms with Gasteiger partial charge < -0.3 is 20.1 Å². The largest absolute Gasteiger partial charge is 0.380 e. The van der Waals surface area contributed by atoms with Crippen LogP contribution in [0.1, 0.15) is 219 Å². The highest BCUT2D eigenvalue weighted by atomic mass is 16.5. The zero-order valence-corrected chi connectivity index (χ0v) is 34.6. The molecular weight excluding hydrogens is 629 g/mol. The Labute approximate surface area is 319 Å². The molecule has 302 valence electrons. The van der Waals surface area contributed by atoms with Crippen molar-refractivity contribution in [3.63, 3.8) is 0 Å². The Balaban J connectivity index is 3.81. The Bertz CT molecular complexity index is 677. The van der Waals surface area contributed by atoms with E-state index in [1.807, 2.05) is 4.90 Å². The zero-order chi connectivity index (χ0) is 37.0. The first-order valence-corrected chi connectivity index (χ1v) is 22.7. The number of amides is 1. The number of nitrogens with two attached hydrogens (primary N) is 1. The molecule has 51 heavy (non-hydrogen) atoms. The van der Waals surface area contributed by atoms with Gasteiger partial charge >= 0.3 is 0 Å². The van der Waals surface area contributed by atoms with Crippen LogP contribution in [0, 0.1) is 0 Å². The van der Waals surface area contributed by atoms with Crippen molar-refractivity contribution in [2.45, 2.75) is 219 Å². The van der Waals surface area contributed by atoms with Crippen LogP contribution in [0.2, 0.25) is 0 Å². The Morgan fingerprint density at radius 2 is 0.765 bits per heavy atom. The fourth-order valence-corrected chi connectivity index (χ4v) is 6.57. The summed E-state index contributed by atoms with van der Waals surface area (Å²) >= 11 is 0. The molecule has 0 aliphatic heterocycles. The number of carbonyl (C=O) groups is 1. The minimum Gasteiger partial charge on any atom is -0.380 e. The van der Waals surface area contributed by atoms with Gasteiger partial charge in [-0.3, -0.25) is 4.79 Å². The molecule has 0 saturated heterocycles. The summed E-state index contributed by atoms with van der Waals surface area (Å²) in [5, 5.41) is 0. The molecule has 0 aliphatic carbocycles. The summed E-state index contributed by atoms with van der Waals surface area (Å²) in [4.78, 5) is 14.9. The van der Waals surface area contributed by atoms with Crippen LogP contribution in [-0.4, -0.2) is 56.9 Å². The molecule has 0 radical (unpaired) electrons. The van der Waals surface area contributed by atoms with Gasteiger partial charge in [0.05, 0.1) is 13.2 Å². The van der Waals surface area contributed by atoms with Crippen LogP contribution >= 0.6 is 0 Å². The number of rotatable bonds is 43. The summed E-state index contributed by atoms with van der Waals surface area (Å²) < 4.78 is 11.9. The zero-order valence-electron chi connectivity index (χ0n) is 34.6. The highest BCUT2D eigenvalue weighted by Crippen LogP contribution is 2.12. The van der Waals surface area contributed by atoms with E-state index in [-0.39, 0.29) is 5.91 Å². The van der Waals surface area contributed by atoms with E-state index in [0.717, 1.165) is 45.3 Å². The smallest absolute Gasteiger partial charge is 0.222 e. The molecule has 0 aromatic rings. The van der Waals surface area contributed by atoms with Crippen LogP contribution in [0.25, 0.3) is 0 Å². The van der Waals surface area contributed by atoms with Crippen LogP contribution < -0.4 is 5.73 Å². The Kier molecular flexibility index (Phi) is 44.0. The van der Waals surface area contributed by atoms with Gasteiger partial charge in [-0.15, -0.1) is 0 Å². The van der Waals surface area contributed by atoms with E-state index < -0.39 is 0 Å². The second-order valence-electron chi connectivity index (χ2n) is 15.1. The first-order valence-electron chi connectivity index (χ1n) is 22.7. The third kappa shape index (κ3) is 41.4. The van der Waals surface area contributed by atoms with Gasteiger partial charge in [0.25, 0.3) is 0 Å². The standard InChI is InChI=1S/C46H90N2O3/c1-3-5-7-9-11-13-15-17-19-21-23-25-27-29-31-36-42-50-44-40-48(46(49)38-34-33-35-39-47)41-45-51-43-37-32-30-28-26-24-22-20-18-16-14-12-10-8-6-4-2/h17-20H,3-16,21-45,47H2,1-2H3. The lowest BCUT2D eigenvalue weighted by Crippen LogP contribution is -2.36. The van der Waals surface area contributed by atoms with Gasteiger partial charge in [0.1, 0.15) is 0 Å². The Hall–Kier alpha value is -1.17. The number of unbranched alkanes of at least 4 members (excludes halogenated alkanes) is 26. The molecule has 0 spiro atoms. The molecule has 0 heterocycles. The SMILES string of the molecule is CCCCCCCCC=CCCCCCCCCOCCN(CCOCCCCCCCCC=CCCCCCCCC)C(=O)CCCCCN. The van der Waals surface area contributed by atoms with Crippen molar-refractivity contribution in [2.24, 2.45) is 5.73 Å². The van der Waals surface area contributed by atoms with Crippen molar-refractivity contribution < 1.29 is 14.3 Å². The van der Waals surface area contributed by atoms with Gasteiger partial charge in [-0.1, -0.05) is 160 Å². The van der Waals surface area contributed by atoms with E-state index in [0.29, 0.717) is 39.3 Å². The first-order chi connectivity index (χ1) is 25.3. The van der Waals surface area contributed by atoms with Crippen molar-refractivity contribution in [3.05, 3.63) is 24.3 Å². The monoisotopic (exact) mass is 719 g/mol. The minimum atomic E-state index is 0.230. The second-order valence-corrected chi connectivity index (χ2v) is 15.1. The lowest BCUT2D eigenvalue weighted by Gasteiger charge is -2.23. The average molecular weight is 719 g/mol. The summed E-state index contributed by atoms with van der Waals surface area (Å²) in [5.74, 6) is 0.230. The predicted octanol–water partition coefficient (Wildman–Crippen LogP) is 13.4. The van der Waals surface area contributed by atoms with Crippen molar-refractivity contribution in [3.8, 4) is 0 Å². The summed E-state index contributed by atoms with van der Waals surface area (Å²) in [5.41, 5.74) is 5.64. The maximum Gasteiger partial charge on any atom is 0.222 e. The van der Waals surface area contributed by atoms with Crippen molar-refractivity contribution in [1.29, 1.82) is 0 Å². The molecular formula is C46H90N2O3. The molecule has 0 aromatic heterocycles. The maximum absolute atomic E-state index is 12.9. The first kappa shape index (κ1) is 49.8. The molecule has 2 N–H and O–H groups in total. The predicted molar refractivity (Wildman–Crippen MR) is 225 cm³/mol. The van der Waals surface area contributed by atoms with Gasteiger partial charge in [-0.25, -0.2) is 0 Å². The molecule has 1 amide bonds. The minimum absolute atomic E-state index is 0.230. The van der Waals surface area contributed by atoms with E-state index >= 15 is 0 Å². The van der Waals surface area contributed by atoms with Crippen LogP contribution in [0.15, 0.2) is 24.3 Å². The quantitative estimate of drug-likeness (QED) is 0.0503. The van der Waals surface area contributed by atoms with E-state index in [4.69, 9.17) is 15.2 Å². The fourth-order valence-electron chi connectivity index (χ4n) is 6.57. The fraction of sp³-hybridized carbons (Fsp3) is 0.891. The number of allylic oxidation sites excluding steroid dienone is 4. The van der Waals surface area contributed by atoms with Crippen molar-refractivity contribution in [1.82, 2.24) is 4.90 Å². The summed E-state index contributed by atoms with van der Waals surface area (Å²) in [7, 11) is 0. The number of hydrogen-bond acceptors (Lipinski definition) is 4. The van der Waals surface area contributed by atoms with E-state index in [2.05, 4.69) is 38.2 Å². The van der Waals surface area contributed by atoms with E-state index in [9.17, 15) is 4.79 Å². The molecule has 5 heteroatoms. The van der Waals surface area contributed by atoms with Crippen LogP contribution in [0.5, 0.6) is 0 Å². The van der Waals surface area contributed by atoms with Crippen LogP contribution in [0.4, 0.5) is 0 Å². The molecule has 0 rings (SSSR count). The summed E-state index contributed by atoms with van der Waals surface area (Å²) in [6, 6.07) is 0. The maximum atomic E-state index is 12.9. The third-order valence-electron chi connectivity index (χ3n) is 10.1. The van der Waals surface area contributed by atoms with Gasteiger partial charge in [0.15, 0.2) is 0 Å². The normalized spacial score (nSPS) is 11.8. The molecule has 0 unspecified atom stereocenters.